The standard InChI is InChI=1S/C20H21ClN2O3/c21-16-5-3-4-15(12-16)13-22-8-10-23(11-9-22)20(24)19-14-25-17-6-1-2-7-18(17)26-19/h1-7,12,19H,8-11,13-14H2. The van der Waals surface area contributed by atoms with E-state index < -0.39 is 6.10 Å². The first-order valence-electron chi connectivity index (χ1n) is 8.83. The number of halogens is 1. The number of benzene rings is 2. The molecular formula is C20H21ClN2O3. The molecule has 2 aromatic carbocycles. The monoisotopic (exact) mass is 372 g/mol. The maximum atomic E-state index is 12.8. The molecule has 0 spiro atoms. The third kappa shape index (κ3) is 3.79. The maximum absolute atomic E-state index is 12.8. The van der Waals surface area contributed by atoms with Crippen molar-refractivity contribution in [1.82, 2.24) is 9.80 Å². The summed E-state index contributed by atoms with van der Waals surface area (Å²) in [5, 5.41) is 0.756. The average Bonchev–Trinajstić information content (AvgIpc) is 2.68. The fraction of sp³-hybridized carbons (Fsp3) is 0.350. The highest BCUT2D eigenvalue weighted by Gasteiger charge is 2.32. The first-order valence-corrected chi connectivity index (χ1v) is 9.21. The van der Waals surface area contributed by atoms with Crippen LogP contribution < -0.4 is 9.47 Å². The topological polar surface area (TPSA) is 42.0 Å². The van der Waals surface area contributed by atoms with Gasteiger partial charge in [-0.15, -0.1) is 0 Å². The Morgan fingerprint density at radius 1 is 1.04 bits per heavy atom. The van der Waals surface area contributed by atoms with Crippen molar-refractivity contribution in [2.75, 3.05) is 32.8 Å². The molecule has 0 aliphatic carbocycles. The van der Waals surface area contributed by atoms with E-state index in [0.717, 1.165) is 24.7 Å². The Balaban J connectivity index is 1.31. The van der Waals surface area contributed by atoms with Gasteiger partial charge in [0, 0.05) is 37.7 Å². The molecule has 0 radical (unpaired) electrons. The van der Waals surface area contributed by atoms with Crippen LogP contribution >= 0.6 is 11.6 Å². The van der Waals surface area contributed by atoms with Crippen molar-refractivity contribution < 1.29 is 14.3 Å². The Kier molecular flexibility index (Phi) is 5.00. The molecule has 1 atom stereocenters. The minimum absolute atomic E-state index is 0.00177. The van der Waals surface area contributed by atoms with E-state index in [2.05, 4.69) is 11.0 Å². The Hall–Kier alpha value is -2.24. The molecule has 0 bridgehead atoms. The van der Waals surface area contributed by atoms with E-state index in [0.29, 0.717) is 24.6 Å². The number of carbonyl (C=O) groups excluding carboxylic acids is 1. The zero-order chi connectivity index (χ0) is 17.9. The molecule has 2 aliphatic rings. The number of ether oxygens (including phenoxy) is 2. The Morgan fingerprint density at radius 3 is 2.58 bits per heavy atom. The van der Waals surface area contributed by atoms with Gasteiger partial charge in [-0.2, -0.15) is 0 Å². The normalized spacial score (nSPS) is 20.0. The zero-order valence-electron chi connectivity index (χ0n) is 14.4. The Bertz CT molecular complexity index is 790. The summed E-state index contributed by atoms with van der Waals surface area (Å²) in [7, 11) is 0. The molecule has 1 saturated heterocycles. The largest absolute Gasteiger partial charge is 0.485 e. The van der Waals surface area contributed by atoms with Crippen molar-refractivity contribution in [3.8, 4) is 11.5 Å². The zero-order valence-corrected chi connectivity index (χ0v) is 15.2. The van der Waals surface area contributed by atoms with Crippen LogP contribution in [0.4, 0.5) is 0 Å². The van der Waals surface area contributed by atoms with Crippen molar-refractivity contribution in [3.63, 3.8) is 0 Å². The molecule has 2 heterocycles. The van der Waals surface area contributed by atoms with E-state index in [1.807, 2.05) is 47.4 Å². The highest BCUT2D eigenvalue weighted by Crippen LogP contribution is 2.31. The molecule has 136 valence electrons. The highest BCUT2D eigenvalue weighted by molar-refractivity contribution is 6.30. The highest BCUT2D eigenvalue weighted by atomic mass is 35.5. The summed E-state index contributed by atoms with van der Waals surface area (Å²) in [5.74, 6) is 1.33. The number of carbonyl (C=O) groups is 1. The van der Waals surface area contributed by atoms with Gasteiger partial charge < -0.3 is 14.4 Å². The molecule has 1 amide bonds. The van der Waals surface area contributed by atoms with E-state index in [9.17, 15) is 4.79 Å². The molecule has 0 N–H and O–H groups in total. The third-order valence-electron chi connectivity index (χ3n) is 4.76. The summed E-state index contributed by atoms with van der Waals surface area (Å²) < 4.78 is 11.5. The fourth-order valence-corrected chi connectivity index (χ4v) is 3.58. The van der Waals surface area contributed by atoms with E-state index in [-0.39, 0.29) is 12.5 Å². The van der Waals surface area contributed by atoms with E-state index in [1.54, 1.807) is 0 Å². The van der Waals surface area contributed by atoms with Gasteiger partial charge in [-0.25, -0.2) is 0 Å². The molecule has 1 unspecified atom stereocenters. The molecule has 2 aromatic rings. The van der Waals surface area contributed by atoms with Gasteiger partial charge in [0.1, 0.15) is 6.61 Å². The minimum atomic E-state index is -0.565. The lowest BCUT2D eigenvalue weighted by Crippen LogP contribution is -2.53. The fourth-order valence-electron chi connectivity index (χ4n) is 3.36. The number of amides is 1. The van der Waals surface area contributed by atoms with Crippen molar-refractivity contribution >= 4 is 17.5 Å². The molecule has 26 heavy (non-hydrogen) atoms. The van der Waals surface area contributed by atoms with Crippen LogP contribution in [-0.4, -0.2) is 54.6 Å². The van der Waals surface area contributed by atoms with Crippen LogP contribution in [0, 0.1) is 0 Å². The van der Waals surface area contributed by atoms with Crippen molar-refractivity contribution in [3.05, 3.63) is 59.1 Å². The van der Waals surface area contributed by atoms with E-state index in [1.165, 1.54) is 5.56 Å². The first kappa shape index (κ1) is 17.2. The van der Waals surface area contributed by atoms with Gasteiger partial charge in [0.05, 0.1) is 0 Å². The quantitative estimate of drug-likeness (QED) is 0.830. The van der Waals surface area contributed by atoms with Gasteiger partial charge in [-0.1, -0.05) is 35.9 Å². The molecule has 2 aliphatic heterocycles. The molecule has 0 aromatic heterocycles. The Morgan fingerprint density at radius 2 is 1.81 bits per heavy atom. The van der Waals surface area contributed by atoms with Gasteiger partial charge in [0.2, 0.25) is 6.10 Å². The lowest BCUT2D eigenvalue weighted by atomic mass is 10.2. The van der Waals surface area contributed by atoms with Crippen molar-refractivity contribution in [1.29, 1.82) is 0 Å². The minimum Gasteiger partial charge on any atom is -0.485 e. The maximum Gasteiger partial charge on any atom is 0.267 e. The summed E-state index contributed by atoms with van der Waals surface area (Å²) in [6.45, 7) is 4.17. The second-order valence-corrected chi connectivity index (χ2v) is 7.03. The molecule has 6 heteroatoms. The predicted octanol–water partition coefficient (Wildman–Crippen LogP) is 2.82. The number of nitrogens with zero attached hydrogens (tertiary/aromatic N) is 2. The molecule has 5 nitrogen and oxygen atoms in total. The van der Waals surface area contributed by atoms with Crippen LogP contribution in [0.3, 0.4) is 0 Å². The number of hydrogen-bond donors (Lipinski definition) is 0. The van der Waals surface area contributed by atoms with Crippen LogP contribution in [0.25, 0.3) is 0 Å². The summed E-state index contributed by atoms with van der Waals surface area (Å²) in [6.07, 6.45) is -0.565. The van der Waals surface area contributed by atoms with Crippen LogP contribution in [0.2, 0.25) is 5.02 Å². The summed E-state index contributed by atoms with van der Waals surface area (Å²) >= 11 is 6.05. The van der Waals surface area contributed by atoms with E-state index in [4.69, 9.17) is 21.1 Å². The summed E-state index contributed by atoms with van der Waals surface area (Å²) in [5.41, 5.74) is 1.19. The molecular weight excluding hydrogens is 352 g/mol. The smallest absolute Gasteiger partial charge is 0.267 e. The van der Waals surface area contributed by atoms with Gasteiger partial charge in [0.15, 0.2) is 11.5 Å². The number of para-hydroxylation sites is 2. The lowest BCUT2D eigenvalue weighted by Gasteiger charge is -2.37. The number of fused-ring (bicyclic) bond motifs is 1. The second kappa shape index (κ2) is 7.56. The number of piperazine rings is 1. The Labute approximate surface area is 158 Å². The van der Waals surface area contributed by atoms with Crippen molar-refractivity contribution in [2.24, 2.45) is 0 Å². The van der Waals surface area contributed by atoms with Gasteiger partial charge in [-0.05, 0) is 29.8 Å². The lowest BCUT2D eigenvalue weighted by molar-refractivity contribution is -0.143. The van der Waals surface area contributed by atoms with Crippen LogP contribution in [0.15, 0.2) is 48.5 Å². The van der Waals surface area contributed by atoms with Gasteiger partial charge >= 0.3 is 0 Å². The van der Waals surface area contributed by atoms with Gasteiger partial charge in [-0.3, -0.25) is 9.69 Å². The summed E-state index contributed by atoms with van der Waals surface area (Å²) in [6, 6.07) is 15.4. The average molecular weight is 373 g/mol. The summed E-state index contributed by atoms with van der Waals surface area (Å²) in [4.78, 5) is 17.0. The van der Waals surface area contributed by atoms with Crippen molar-refractivity contribution in [2.45, 2.75) is 12.6 Å². The van der Waals surface area contributed by atoms with Gasteiger partial charge in [0.25, 0.3) is 5.91 Å². The number of rotatable bonds is 3. The number of hydrogen-bond acceptors (Lipinski definition) is 4. The molecule has 0 saturated carbocycles. The molecule has 1 fully saturated rings. The second-order valence-electron chi connectivity index (χ2n) is 6.60. The predicted molar refractivity (Wildman–Crippen MR) is 99.7 cm³/mol. The van der Waals surface area contributed by atoms with Crippen LogP contribution in [0.1, 0.15) is 5.56 Å². The SMILES string of the molecule is O=C(C1COc2ccccc2O1)N1CCN(Cc2cccc(Cl)c2)CC1. The van der Waals surface area contributed by atoms with Crippen LogP contribution in [-0.2, 0) is 11.3 Å². The third-order valence-corrected chi connectivity index (χ3v) is 5.00. The molecule has 4 rings (SSSR count). The van der Waals surface area contributed by atoms with Crippen LogP contribution in [0.5, 0.6) is 11.5 Å². The first-order chi connectivity index (χ1) is 12.7. The van der Waals surface area contributed by atoms with E-state index >= 15 is 0 Å².